The fourth-order valence-electron chi connectivity index (χ4n) is 1.23. The van der Waals surface area contributed by atoms with Crippen molar-refractivity contribution in [2.45, 2.75) is 12.8 Å². The molecule has 1 fully saturated rings. The lowest BCUT2D eigenvalue weighted by Gasteiger charge is -2.04. The first-order valence-electron chi connectivity index (χ1n) is 4.39. The van der Waals surface area contributed by atoms with Crippen molar-refractivity contribution < 1.29 is 4.79 Å². The Bertz CT molecular complexity index is 411. The van der Waals surface area contributed by atoms with Crippen LogP contribution in [0.3, 0.4) is 0 Å². The Morgan fingerprint density at radius 1 is 1.79 bits per heavy atom. The summed E-state index contributed by atoms with van der Waals surface area (Å²) in [5.74, 6) is 0.262. The molecule has 0 bridgehead atoms. The van der Waals surface area contributed by atoms with E-state index in [1.54, 1.807) is 24.0 Å². The maximum Gasteiger partial charge on any atom is 0.246 e. The highest BCUT2D eigenvalue weighted by Gasteiger charge is 2.50. The van der Waals surface area contributed by atoms with Gasteiger partial charge in [-0.15, -0.1) is 0 Å². The van der Waals surface area contributed by atoms with Gasteiger partial charge in [0.25, 0.3) is 0 Å². The Balaban J connectivity index is 2.06. The molecule has 2 rings (SSSR count). The fraction of sp³-hybridized carbons (Fsp3) is 0.444. The number of rotatable bonds is 2. The lowest BCUT2D eigenvalue weighted by atomic mass is 10.1. The summed E-state index contributed by atoms with van der Waals surface area (Å²) in [5, 5.41) is 15.4. The second-order valence-corrected chi connectivity index (χ2v) is 3.52. The van der Waals surface area contributed by atoms with Gasteiger partial charge in [-0.2, -0.15) is 10.4 Å². The molecule has 1 aliphatic rings. The molecule has 72 valence electrons. The number of nitriles is 1. The van der Waals surface area contributed by atoms with Crippen LogP contribution in [-0.4, -0.2) is 15.7 Å². The number of anilines is 1. The highest BCUT2D eigenvalue weighted by atomic mass is 16.2. The van der Waals surface area contributed by atoms with Crippen molar-refractivity contribution in [3.05, 3.63) is 12.3 Å². The fourth-order valence-corrected chi connectivity index (χ4v) is 1.23. The van der Waals surface area contributed by atoms with Crippen LogP contribution in [0.2, 0.25) is 0 Å². The first-order chi connectivity index (χ1) is 6.66. The van der Waals surface area contributed by atoms with Crippen molar-refractivity contribution in [2.24, 2.45) is 12.5 Å². The Kier molecular flexibility index (Phi) is 1.78. The standard InChI is InChI=1S/C9H10N4O/c1-13-5-2-7(12-13)11-8(14)9(6-10)3-4-9/h2,5H,3-4H2,1H3,(H,11,12,14). The summed E-state index contributed by atoms with van der Waals surface area (Å²) in [6, 6.07) is 3.73. The number of hydrogen-bond donors (Lipinski definition) is 1. The Morgan fingerprint density at radius 3 is 2.93 bits per heavy atom. The molecule has 0 spiro atoms. The number of aryl methyl sites for hydroxylation is 1. The van der Waals surface area contributed by atoms with Gasteiger partial charge in [-0.1, -0.05) is 0 Å². The second-order valence-electron chi connectivity index (χ2n) is 3.52. The van der Waals surface area contributed by atoms with E-state index in [4.69, 9.17) is 5.26 Å². The molecule has 1 N–H and O–H groups in total. The van der Waals surface area contributed by atoms with E-state index in [0.29, 0.717) is 18.7 Å². The molecule has 0 radical (unpaired) electrons. The highest BCUT2D eigenvalue weighted by molar-refractivity contribution is 5.98. The molecule has 1 aliphatic carbocycles. The van der Waals surface area contributed by atoms with Crippen LogP contribution in [-0.2, 0) is 11.8 Å². The van der Waals surface area contributed by atoms with Crippen LogP contribution in [0.25, 0.3) is 0 Å². The van der Waals surface area contributed by atoms with Crippen molar-refractivity contribution in [2.75, 3.05) is 5.32 Å². The number of nitrogens with one attached hydrogen (secondary N) is 1. The molecule has 0 aliphatic heterocycles. The van der Waals surface area contributed by atoms with Gasteiger partial charge in [-0.05, 0) is 12.8 Å². The van der Waals surface area contributed by atoms with E-state index in [1.165, 1.54) is 0 Å². The average Bonchev–Trinajstić information content (AvgIpc) is 2.87. The molecule has 0 unspecified atom stereocenters. The zero-order valence-corrected chi connectivity index (χ0v) is 7.82. The van der Waals surface area contributed by atoms with Crippen molar-refractivity contribution in [1.29, 1.82) is 5.26 Å². The summed E-state index contributed by atoms with van der Waals surface area (Å²) in [6.45, 7) is 0. The Hall–Kier alpha value is -1.83. The third-order valence-corrected chi connectivity index (χ3v) is 2.35. The molecule has 5 heteroatoms. The summed E-state index contributed by atoms with van der Waals surface area (Å²) in [7, 11) is 1.77. The van der Waals surface area contributed by atoms with Gasteiger partial charge in [0.05, 0.1) is 6.07 Å². The topological polar surface area (TPSA) is 70.7 Å². The molecule has 1 saturated carbocycles. The predicted molar refractivity (Wildman–Crippen MR) is 49.1 cm³/mol. The van der Waals surface area contributed by atoms with E-state index >= 15 is 0 Å². The number of hydrogen-bond acceptors (Lipinski definition) is 3. The van der Waals surface area contributed by atoms with Gasteiger partial charge in [0.15, 0.2) is 5.82 Å². The van der Waals surface area contributed by atoms with Crippen LogP contribution in [0, 0.1) is 16.7 Å². The summed E-state index contributed by atoms with van der Waals surface area (Å²) >= 11 is 0. The number of carbonyl (C=O) groups is 1. The molecular formula is C9H10N4O. The highest BCUT2D eigenvalue weighted by Crippen LogP contribution is 2.45. The van der Waals surface area contributed by atoms with Crippen LogP contribution >= 0.6 is 0 Å². The molecule has 1 amide bonds. The van der Waals surface area contributed by atoms with Gasteiger partial charge < -0.3 is 5.32 Å². The summed E-state index contributed by atoms with van der Waals surface area (Å²) in [5.41, 5.74) is -0.780. The van der Waals surface area contributed by atoms with Gasteiger partial charge in [-0.3, -0.25) is 9.48 Å². The Morgan fingerprint density at radius 2 is 2.50 bits per heavy atom. The van der Waals surface area contributed by atoms with Gasteiger partial charge in [0.2, 0.25) is 5.91 Å². The summed E-state index contributed by atoms with van der Waals surface area (Å²) < 4.78 is 1.60. The molecule has 0 saturated heterocycles. The molecule has 1 aromatic heterocycles. The number of carbonyl (C=O) groups excluding carboxylic acids is 1. The second kappa shape index (κ2) is 2.84. The zero-order valence-electron chi connectivity index (χ0n) is 7.82. The SMILES string of the molecule is Cn1ccc(NC(=O)C2(C#N)CC2)n1. The van der Waals surface area contributed by atoms with Crippen molar-refractivity contribution in [1.82, 2.24) is 9.78 Å². The largest absolute Gasteiger partial charge is 0.308 e. The molecule has 5 nitrogen and oxygen atoms in total. The van der Waals surface area contributed by atoms with Gasteiger partial charge in [0.1, 0.15) is 5.41 Å². The van der Waals surface area contributed by atoms with E-state index in [0.717, 1.165) is 0 Å². The molecule has 1 aromatic rings. The first-order valence-corrected chi connectivity index (χ1v) is 4.39. The van der Waals surface area contributed by atoms with Crippen LogP contribution in [0.15, 0.2) is 12.3 Å². The number of aromatic nitrogens is 2. The molecule has 0 aromatic carbocycles. The van der Waals surface area contributed by atoms with Crippen LogP contribution < -0.4 is 5.32 Å². The van der Waals surface area contributed by atoms with Crippen molar-refractivity contribution in [3.8, 4) is 6.07 Å². The average molecular weight is 190 g/mol. The zero-order chi connectivity index (χ0) is 10.2. The van der Waals surface area contributed by atoms with Gasteiger partial charge in [0, 0.05) is 19.3 Å². The van der Waals surface area contributed by atoms with E-state index in [1.807, 2.05) is 6.07 Å². The maximum atomic E-state index is 11.6. The lowest BCUT2D eigenvalue weighted by molar-refractivity contribution is -0.119. The molecule has 0 atom stereocenters. The maximum absolute atomic E-state index is 11.6. The van der Waals surface area contributed by atoms with Gasteiger partial charge in [-0.25, -0.2) is 0 Å². The minimum Gasteiger partial charge on any atom is -0.308 e. The molecule has 1 heterocycles. The van der Waals surface area contributed by atoms with Crippen LogP contribution in [0.1, 0.15) is 12.8 Å². The number of amides is 1. The minimum atomic E-state index is -0.780. The van der Waals surface area contributed by atoms with E-state index in [2.05, 4.69) is 10.4 Å². The van der Waals surface area contributed by atoms with E-state index < -0.39 is 5.41 Å². The molecule has 14 heavy (non-hydrogen) atoms. The van der Waals surface area contributed by atoms with E-state index in [-0.39, 0.29) is 5.91 Å². The monoisotopic (exact) mass is 190 g/mol. The summed E-state index contributed by atoms with van der Waals surface area (Å²) in [6.07, 6.45) is 3.05. The number of nitrogens with zero attached hydrogens (tertiary/aromatic N) is 3. The Labute approximate surface area is 81.3 Å². The lowest BCUT2D eigenvalue weighted by Crippen LogP contribution is -2.22. The summed E-state index contributed by atoms with van der Waals surface area (Å²) in [4.78, 5) is 11.6. The quantitative estimate of drug-likeness (QED) is 0.744. The smallest absolute Gasteiger partial charge is 0.246 e. The predicted octanol–water partition coefficient (Wildman–Crippen LogP) is 0.662. The van der Waals surface area contributed by atoms with Crippen molar-refractivity contribution in [3.63, 3.8) is 0 Å². The van der Waals surface area contributed by atoms with E-state index in [9.17, 15) is 4.79 Å². The van der Waals surface area contributed by atoms with Crippen LogP contribution in [0.5, 0.6) is 0 Å². The van der Waals surface area contributed by atoms with Crippen LogP contribution in [0.4, 0.5) is 5.82 Å². The minimum absolute atomic E-state index is 0.237. The third-order valence-electron chi connectivity index (χ3n) is 2.35. The first kappa shape index (κ1) is 8.75. The normalized spacial score (nSPS) is 17.1. The van der Waals surface area contributed by atoms with Crippen molar-refractivity contribution >= 4 is 11.7 Å². The molecular weight excluding hydrogens is 180 g/mol. The third kappa shape index (κ3) is 1.35. The van der Waals surface area contributed by atoms with Gasteiger partial charge >= 0.3 is 0 Å².